The Hall–Kier alpha value is -3.14. The Labute approximate surface area is 319 Å². The highest BCUT2D eigenvalue weighted by atomic mass is 35.5. The molecule has 0 radical (unpaired) electrons. The Kier molecular flexibility index (Phi) is 15.8. The number of likely N-dealkylation sites (tertiary alicyclic amines) is 1. The number of carbonyl (C=O) groups excluding carboxylic acids is 3. The number of aliphatic hydroxyl groups is 3. The summed E-state index contributed by atoms with van der Waals surface area (Å²) < 4.78 is 47.3. The summed E-state index contributed by atoms with van der Waals surface area (Å²) in [5.41, 5.74) is 11.5. The van der Waals surface area contributed by atoms with Gasteiger partial charge in [-0.25, -0.2) is 4.18 Å². The standard InChI is InChI=1S/C34H53ClN6O12S/c1-18(2)26(35)27(40-31(46)24(42)14-19-8-4-3-5-9-19)32(47)41-22-16-21(52-33-29(44)28(43)25(17-51-33)53-54(48,49)50)11-10-20(22)15-23(41)30(45)38-12-6-7-13-39-34(36)37/h3-5,8-9,18,20-29,33,42-44H,6-7,10-17H2,1-2H3,(H,38,45)(H,40,46)(H4,36,37,39)(H,48,49,50)/t20-,21+,22-,23-,24+,25+,26+,27+,28-,29+,33+/m0/s1. The molecule has 0 aromatic heterocycles. The van der Waals surface area contributed by atoms with E-state index in [9.17, 15) is 38.1 Å². The van der Waals surface area contributed by atoms with Gasteiger partial charge in [0.2, 0.25) is 17.7 Å². The fourth-order valence-electron chi connectivity index (χ4n) is 7.19. The summed E-state index contributed by atoms with van der Waals surface area (Å²) in [6.45, 7) is 3.71. The first kappa shape index (κ1) is 43.6. The zero-order valence-electron chi connectivity index (χ0n) is 30.3. The van der Waals surface area contributed by atoms with E-state index in [4.69, 9.17) is 37.1 Å². The van der Waals surface area contributed by atoms with Crippen LogP contribution in [0.4, 0.5) is 0 Å². The number of amides is 3. The lowest BCUT2D eigenvalue weighted by atomic mass is 9.82. The van der Waals surface area contributed by atoms with Crippen LogP contribution in [0, 0.1) is 11.8 Å². The summed E-state index contributed by atoms with van der Waals surface area (Å²) in [6.07, 6.45) is -6.07. The van der Waals surface area contributed by atoms with Gasteiger partial charge in [0.05, 0.1) is 18.1 Å². The Bertz CT molecular complexity index is 1550. The molecule has 1 aromatic rings. The molecule has 1 aromatic carbocycles. The molecule has 3 fully saturated rings. The van der Waals surface area contributed by atoms with E-state index >= 15 is 0 Å². The van der Waals surface area contributed by atoms with Gasteiger partial charge in [-0.05, 0) is 55.9 Å². The van der Waals surface area contributed by atoms with Crippen molar-refractivity contribution in [3.63, 3.8) is 0 Å². The number of nitrogens with one attached hydrogen (secondary N) is 2. The van der Waals surface area contributed by atoms with E-state index in [-0.39, 0.29) is 37.2 Å². The molecule has 11 atom stereocenters. The van der Waals surface area contributed by atoms with Crippen LogP contribution in [-0.4, -0.2) is 137 Å². The van der Waals surface area contributed by atoms with Crippen molar-refractivity contribution in [2.75, 3.05) is 19.7 Å². The molecule has 2 heterocycles. The number of aliphatic imine (C=N–C) groups is 1. The fraction of sp³-hybridized carbons (Fsp3) is 0.706. The van der Waals surface area contributed by atoms with Gasteiger partial charge in [-0.2, -0.15) is 8.42 Å². The van der Waals surface area contributed by atoms with Crippen LogP contribution in [-0.2, 0) is 44.9 Å². The van der Waals surface area contributed by atoms with Crippen molar-refractivity contribution >= 4 is 45.7 Å². The number of benzene rings is 1. The summed E-state index contributed by atoms with van der Waals surface area (Å²) in [5.74, 6) is -2.32. The normalized spacial score (nSPS) is 28.8. The Morgan fingerprint density at radius 3 is 2.44 bits per heavy atom. The van der Waals surface area contributed by atoms with Gasteiger partial charge in [0, 0.05) is 25.6 Å². The maximum Gasteiger partial charge on any atom is 0.397 e. The molecule has 2 saturated heterocycles. The first-order valence-electron chi connectivity index (χ1n) is 18.1. The second-order valence-corrected chi connectivity index (χ2v) is 15.9. The minimum atomic E-state index is -4.95. The molecule has 0 bridgehead atoms. The number of rotatable bonds is 17. The van der Waals surface area contributed by atoms with Crippen LogP contribution < -0.4 is 22.1 Å². The monoisotopic (exact) mass is 804 g/mol. The van der Waals surface area contributed by atoms with E-state index in [0.717, 1.165) is 0 Å². The molecular weight excluding hydrogens is 752 g/mol. The largest absolute Gasteiger partial charge is 0.397 e. The van der Waals surface area contributed by atoms with Crippen molar-refractivity contribution in [3.05, 3.63) is 35.9 Å². The molecule has 1 aliphatic carbocycles. The third kappa shape index (κ3) is 11.9. The molecule has 20 heteroatoms. The molecule has 1 saturated carbocycles. The van der Waals surface area contributed by atoms with E-state index < -0.39 is 95.0 Å². The van der Waals surface area contributed by atoms with Crippen molar-refractivity contribution in [1.29, 1.82) is 0 Å². The quantitative estimate of drug-likeness (QED) is 0.0306. The highest BCUT2D eigenvalue weighted by Gasteiger charge is 2.52. The second-order valence-electron chi connectivity index (χ2n) is 14.3. The van der Waals surface area contributed by atoms with Gasteiger partial charge in [0.25, 0.3) is 0 Å². The predicted octanol–water partition coefficient (Wildman–Crippen LogP) is -1.07. The van der Waals surface area contributed by atoms with Crippen molar-refractivity contribution in [3.8, 4) is 0 Å². The van der Waals surface area contributed by atoms with Gasteiger partial charge in [-0.3, -0.25) is 23.9 Å². The van der Waals surface area contributed by atoms with Crippen LogP contribution in [0.15, 0.2) is 35.3 Å². The average molecular weight is 805 g/mol. The van der Waals surface area contributed by atoms with Crippen LogP contribution >= 0.6 is 11.6 Å². The molecular formula is C34H53ClN6O12S. The Morgan fingerprint density at radius 2 is 1.80 bits per heavy atom. The van der Waals surface area contributed by atoms with Gasteiger partial charge >= 0.3 is 10.4 Å². The van der Waals surface area contributed by atoms with Crippen molar-refractivity contribution in [2.45, 2.75) is 119 Å². The molecule has 0 spiro atoms. The average Bonchev–Trinajstić information content (AvgIpc) is 3.50. The van der Waals surface area contributed by atoms with Crippen LogP contribution in [0.25, 0.3) is 0 Å². The second kappa shape index (κ2) is 19.6. The summed E-state index contributed by atoms with van der Waals surface area (Å²) in [6, 6.07) is 6.04. The van der Waals surface area contributed by atoms with Gasteiger partial charge in [-0.1, -0.05) is 44.2 Å². The predicted molar refractivity (Wildman–Crippen MR) is 195 cm³/mol. The number of unbranched alkanes of at least 4 members (excludes halogenated alkanes) is 1. The van der Waals surface area contributed by atoms with Crippen LogP contribution in [0.5, 0.6) is 0 Å². The highest BCUT2D eigenvalue weighted by Crippen LogP contribution is 2.42. The van der Waals surface area contributed by atoms with Gasteiger partial charge < -0.3 is 51.8 Å². The van der Waals surface area contributed by atoms with Crippen molar-refractivity contribution in [2.24, 2.45) is 28.3 Å². The number of ether oxygens (including phenoxy) is 2. The number of alkyl halides is 1. The molecule has 2 aliphatic heterocycles. The van der Waals surface area contributed by atoms with E-state index in [1.54, 1.807) is 44.2 Å². The summed E-state index contributed by atoms with van der Waals surface area (Å²) in [5, 5.41) is 36.6. The Balaban J connectivity index is 1.54. The maximum atomic E-state index is 14.7. The number of aliphatic hydroxyl groups excluding tert-OH is 3. The first-order valence-corrected chi connectivity index (χ1v) is 19.9. The highest BCUT2D eigenvalue weighted by molar-refractivity contribution is 7.80. The van der Waals surface area contributed by atoms with E-state index in [1.165, 1.54) is 4.90 Å². The minimum Gasteiger partial charge on any atom is -0.387 e. The molecule has 3 amide bonds. The number of nitrogens with zero attached hydrogens (tertiary/aromatic N) is 2. The number of nitrogens with two attached hydrogens (primary N) is 2. The molecule has 10 N–H and O–H groups in total. The van der Waals surface area contributed by atoms with Crippen molar-refractivity contribution < 1.29 is 56.3 Å². The minimum absolute atomic E-state index is 0.00364. The number of halogens is 1. The zero-order chi connectivity index (χ0) is 39.7. The van der Waals surface area contributed by atoms with Crippen molar-refractivity contribution in [1.82, 2.24) is 15.5 Å². The molecule has 54 heavy (non-hydrogen) atoms. The third-order valence-corrected chi connectivity index (χ3v) is 11.2. The Morgan fingerprint density at radius 1 is 1.09 bits per heavy atom. The lowest BCUT2D eigenvalue weighted by Crippen LogP contribution is -2.61. The maximum absolute atomic E-state index is 14.7. The number of guanidine groups is 1. The van der Waals surface area contributed by atoms with E-state index in [2.05, 4.69) is 19.8 Å². The first-order chi connectivity index (χ1) is 25.5. The molecule has 4 rings (SSSR count). The zero-order valence-corrected chi connectivity index (χ0v) is 31.8. The number of fused-ring (bicyclic) bond motifs is 1. The number of carbonyl (C=O) groups is 3. The summed E-state index contributed by atoms with van der Waals surface area (Å²) >= 11 is 6.83. The number of hydrogen-bond donors (Lipinski definition) is 8. The third-order valence-electron chi connectivity index (χ3n) is 9.96. The lowest BCUT2D eigenvalue weighted by Gasteiger charge is -2.42. The molecule has 0 unspecified atom stereocenters. The molecule has 18 nitrogen and oxygen atoms in total. The van der Waals surface area contributed by atoms with Crippen LogP contribution in [0.2, 0.25) is 0 Å². The molecule has 304 valence electrons. The number of hydrogen-bond acceptors (Lipinski definition) is 12. The van der Waals surface area contributed by atoms with Gasteiger partial charge in [-0.15, -0.1) is 11.6 Å². The smallest absolute Gasteiger partial charge is 0.387 e. The lowest BCUT2D eigenvalue weighted by molar-refractivity contribution is -0.282. The van der Waals surface area contributed by atoms with Gasteiger partial charge in [0.1, 0.15) is 36.5 Å². The topological polar surface area (TPSA) is 286 Å². The summed E-state index contributed by atoms with van der Waals surface area (Å²) in [4.78, 5) is 47.3. The fourth-order valence-corrected chi connectivity index (χ4v) is 7.84. The van der Waals surface area contributed by atoms with Crippen LogP contribution in [0.3, 0.4) is 0 Å². The molecule has 3 aliphatic rings. The summed E-state index contributed by atoms with van der Waals surface area (Å²) in [7, 11) is -4.95. The van der Waals surface area contributed by atoms with Crippen LogP contribution in [0.1, 0.15) is 57.9 Å². The van der Waals surface area contributed by atoms with E-state index in [0.29, 0.717) is 44.2 Å². The SMILES string of the molecule is CC(C)[C@@H](Cl)[C@@H](NC(=O)[C@H](O)Cc1ccccc1)C(=O)N1[C@H](C(=O)NCCCCN=C(N)N)C[C@@H]2CC[C@@H](O[C@H]3OC[C@@H](OS(=O)(=O)O)[C@H](O)[C@H]3O)C[C@@H]21. The van der Waals surface area contributed by atoms with E-state index in [1.807, 2.05) is 0 Å². The van der Waals surface area contributed by atoms with Gasteiger partial charge in [0.15, 0.2) is 12.2 Å².